The van der Waals surface area contributed by atoms with E-state index in [1.54, 1.807) is 18.2 Å². The van der Waals surface area contributed by atoms with Gasteiger partial charge in [0.2, 0.25) is 11.7 Å². The van der Waals surface area contributed by atoms with Crippen LogP contribution in [0.1, 0.15) is 32.3 Å². The van der Waals surface area contributed by atoms with Gasteiger partial charge in [0.15, 0.2) is 11.5 Å². The van der Waals surface area contributed by atoms with Gasteiger partial charge in [0.05, 0.1) is 6.54 Å². The molecule has 1 saturated heterocycles. The summed E-state index contributed by atoms with van der Waals surface area (Å²) in [5.41, 5.74) is 2.51. The first-order valence-electron chi connectivity index (χ1n) is 9.86. The molecule has 0 unspecified atom stereocenters. The molecule has 6 nitrogen and oxygen atoms in total. The summed E-state index contributed by atoms with van der Waals surface area (Å²) >= 11 is 0. The second-order valence-corrected chi connectivity index (χ2v) is 7.53. The number of carbonyl (C=O) groups excluding carboxylic acids is 2. The van der Waals surface area contributed by atoms with Crippen LogP contribution in [0.5, 0.6) is 0 Å². The number of benzene rings is 2. The van der Waals surface area contributed by atoms with Crippen molar-refractivity contribution in [2.24, 2.45) is 0 Å². The predicted octanol–water partition coefficient (Wildman–Crippen LogP) is 3.04. The van der Waals surface area contributed by atoms with E-state index in [0.29, 0.717) is 29.3 Å². The maximum absolute atomic E-state index is 12.4. The highest BCUT2D eigenvalue weighted by molar-refractivity contribution is 6.52. The third kappa shape index (κ3) is 3.41. The number of carbonyl (C=O) groups is 2. The summed E-state index contributed by atoms with van der Waals surface area (Å²) in [6.07, 6.45) is 0. The summed E-state index contributed by atoms with van der Waals surface area (Å²) < 4.78 is 5.94. The van der Waals surface area contributed by atoms with Crippen molar-refractivity contribution >= 4 is 11.6 Å². The molecular formula is C23H21N3O3. The smallest absolute Gasteiger partial charge is 0.255 e. The summed E-state index contributed by atoms with van der Waals surface area (Å²) in [6, 6.07) is 17.5. The van der Waals surface area contributed by atoms with Crippen LogP contribution >= 0.6 is 0 Å². The number of Topliss-reactive ketones (excluding diaryl/α,β-unsaturated/α-hetero) is 2. The van der Waals surface area contributed by atoms with Crippen molar-refractivity contribution in [3.63, 3.8) is 0 Å². The molecule has 3 aromatic rings. The fourth-order valence-corrected chi connectivity index (χ4v) is 4.02. The van der Waals surface area contributed by atoms with Crippen molar-refractivity contribution in [1.29, 1.82) is 0 Å². The van der Waals surface area contributed by atoms with Crippen molar-refractivity contribution in [3.05, 3.63) is 77.3 Å². The lowest BCUT2D eigenvalue weighted by molar-refractivity contribution is 0.0812. The normalized spacial score (nSPS) is 17.2. The Bertz CT molecular complexity index is 1070. The lowest BCUT2D eigenvalue weighted by Gasteiger charge is -2.34. The standard InChI is InChI=1S/C23H21N3O3/c27-21-17-8-4-5-9-18(17)23-20(22(21)28)24-19(29-23)15-26-12-10-25(11-13-26)14-16-6-2-1-3-7-16/h1-9H,10-15H2. The Morgan fingerprint density at radius 1 is 0.759 bits per heavy atom. The number of aromatic nitrogens is 1. The van der Waals surface area contributed by atoms with Gasteiger partial charge in [0.1, 0.15) is 0 Å². The Morgan fingerprint density at radius 2 is 1.38 bits per heavy atom. The molecule has 5 rings (SSSR count). The first-order valence-corrected chi connectivity index (χ1v) is 9.86. The molecule has 0 spiro atoms. The zero-order valence-corrected chi connectivity index (χ0v) is 16.0. The van der Waals surface area contributed by atoms with Gasteiger partial charge in [0, 0.05) is 43.9 Å². The van der Waals surface area contributed by atoms with Crippen LogP contribution in [-0.4, -0.2) is 52.5 Å². The predicted molar refractivity (Wildman–Crippen MR) is 108 cm³/mol. The third-order valence-electron chi connectivity index (χ3n) is 5.58. The lowest BCUT2D eigenvalue weighted by atomic mass is 9.91. The molecule has 29 heavy (non-hydrogen) atoms. The molecule has 146 valence electrons. The van der Waals surface area contributed by atoms with Gasteiger partial charge in [0.25, 0.3) is 5.78 Å². The van der Waals surface area contributed by atoms with Gasteiger partial charge < -0.3 is 4.42 Å². The van der Waals surface area contributed by atoms with Crippen LogP contribution < -0.4 is 0 Å². The second kappa shape index (κ2) is 7.39. The topological polar surface area (TPSA) is 66.7 Å². The molecule has 6 heteroatoms. The molecule has 0 atom stereocenters. The van der Waals surface area contributed by atoms with Crippen molar-refractivity contribution in [2.45, 2.75) is 13.1 Å². The number of hydrogen-bond acceptors (Lipinski definition) is 6. The summed E-state index contributed by atoms with van der Waals surface area (Å²) in [6.45, 7) is 5.24. The Balaban J connectivity index is 1.27. The largest absolute Gasteiger partial charge is 0.438 e. The maximum Gasteiger partial charge on any atom is 0.255 e. The molecule has 1 aromatic heterocycles. The molecule has 0 N–H and O–H groups in total. The molecule has 2 heterocycles. The van der Waals surface area contributed by atoms with Gasteiger partial charge in [-0.2, -0.15) is 0 Å². The fourth-order valence-electron chi connectivity index (χ4n) is 4.02. The third-order valence-corrected chi connectivity index (χ3v) is 5.58. The average molecular weight is 387 g/mol. The monoisotopic (exact) mass is 387 g/mol. The number of ketones is 2. The molecule has 0 amide bonds. The van der Waals surface area contributed by atoms with Crippen molar-refractivity contribution in [3.8, 4) is 11.3 Å². The van der Waals surface area contributed by atoms with E-state index in [-0.39, 0.29) is 5.69 Å². The summed E-state index contributed by atoms with van der Waals surface area (Å²) in [5, 5.41) is 0. The van der Waals surface area contributed by atoms with Crippen molar-refractivity contribution < 1.29 is 14.0 Å². The molecule has 0 radical (unpaired) electrons. The van der Waals surface area contributed by atoms with Crippen molar-refractivity contribution in [2.75, 3.05) is 26.2 Å². The van der Waals surface area contributed by atoms with E-state index in [1.807, 2.05) is 12.1 Å². The van der Waals surface area contributed by atoms with Crippen LogP contribution in [0.15, 0.2) is 59.0 Å². The van der Waals surface area contributed by atoms with Crippen LogP contribution in [0, 0.1) is 0 Å². The van der Waals surface area contributed by atoms with Crippen LogP contribution in [-0.2, 0) is 13.1 Å². The minimum absolute atomic E-state index is 0.145. The van der Waals surface area contributed by atoms with Crippen LogP contribution in [0.2, 0.25) is 0 Å². The Morgan fingerprint density at radius 3 is 2.10 bits per heavy atom. The van der Waals surface area contributed by atoms with Crippen LogP contribution in [0.4, 0.5) is 0 Å². The molecule has 0 saturated carbocycles. The molecule has 1 fully saturated rings. The van der Waals surface area contributed by atoms with E-state index >= 15 is 0 Å². The van der Waals surface area contributed by atoms with Crippen LogP contribution in [0.25, 0.3) is 11.3 Å². The van der Waals surface area contributed by atoms with E-state index in [9.17, 15) is 9.59 Å². The summed E-state index contributed by atoms with van der Waals surface area (Å²) in [4.78, 5) is 33.8. The van der Waals surface area contributed by atoms with Gasteiger partial charge in [-0.25, -0.2) is 4.98 Å². The van der Waals surface area contributed by atoms with Gasteiger partial charge in [-0.15, -0.1) is 0 Å². The second-order valence-electron chi connectivity index (χ2n) is 7.53. The van der Waals surface area contributed by atoms with Gasteiger partial charge in [-0.05, 0) is 5.56 Å². The van der Waals surface area contributed by atoms with E-state index < -0.39 is 11.6 Å². The van der Waals surface area contributed by atoms with E-state index in [2.05, 4.69) is 39.0 Å². The van der Waals surface area contributed by atoms with Crippen molar-refractivity contribution in [1.82, 2.24) is 14.8 Å². The maximum atomic E-state index is 12.4. The Kier molecular flexibility index (Phi) is 4.58. The first-order chi connectivity index (χ1) is 14.2. The number of oxazole rings is 1. The van der Waals surface area contributed by atoms with E-state index in [4.69, 9.17) is 4.42 Å². The molecule has 2 aliphatic rings. The molecule has 0 bridgehead atoms. The average Bonchev–Trinajstić information content (AvgIpc) is 3.18. The number of piperazine rings is 1. The molecule has 1 aliphatic heterocycles. The lowest BCUT2D eigenvalue weighted by Crippen LogP contribution is -2.45. The highest BCUT2D eigenvalue weighted by Crippen LogP contribution is 2.34. The van der Waals surface area contributed by atoms with E-state index in [1.165, 1.54) is 5.56 Å². The Labute approximate surface area is 168 Å². The number of nitrogens with zero attached hydrogens (tertiary/aromatic N) is 3. The molecule has 1 aliphatic carbocycles. The number of fused-ring (bicyclic) bond motifs is 3. The zero-order chi connectivity index (χ0) is 19.8. The minimum Gasteiger partial charge on any atom is -0.438 e. The van der Waals surface area contributed by atoms with Gasteiger partial charge in [-0.1, -0.05) is 54.6 Å². The summed E-state index contributed by atoms with van der Waals surface area (Å²) in [7, 11) is 0. The van der Waals surface area contributed by atoms with Crippen LogP contribution in [0.3, 0.4) is 0 Å². The molecule has 2 aromatic carbocycles. The highest BCUT2D eigenvalue weighted by atomic mass is 16.4. The first kappa shape index (κ1) is 18.0. The Hall–Kier alpha value is -3.09. The SMILES string of the molecule is O=C1C(=O)c2nc(CN3CCN(Cc4ccccc4)CC3)oc2-c2ccccc21. The highest BCUT2D eigenvalue weighted by Gasteiger charge is 2.35. The number of hydrogen-bond donors (Lipinski definition) is 0. The minimum atomic E-state index is -0.582. The fraction of sp³-hybridized carbons (Fsp3) is 0.261. The van der Waals surface area contributed by atoms with Gasteiger partial charge >= 0.3 is 0 Å². The zero-order valence-electron chi connectivity index (χ0n) is 16.0. The number of rotatable bonds is 4. The van der Waals surface area contributed by atoms with Gasteiger partial charge in [-0.3, -0.25) is 19.4 Å². The molecular weight excluding hydrogens is 366 g/mol. The van der Waals surface area contributed by atoms with E-state index in [0.717, 1.165) is 32.7 Å². The quantitative estimate of drug-likeness (QED) is 0.641. The summed E-state index contributed by atoms with van der Waals surface area (Å²) in [5.74, 6) is -0.184.